The summed E-state index contributed by atoms with van der Waals surface area (Å²) in [5, 5.41) is 1.81. The second-order valence-corrected chi connectivity index (χ2v) is 5.75. The zero-order valence-electron chi connectivity index (χ0n) is 13.1. The highest BCUT2D eigenvalue weighted by molar-refractivity contribution is 6.02. The molecule has 0 bridgehead atoms. The van der Waals surface area contributed by atoms with Crippen LogP contribution < -0.4 is 5.73 Å². The van der Waals surface area contributed by atoms with E-state index in [0.29, 0.717) is 5.82 Å². The number of imidazole rings is 1. The molecule has 4 aromatic rings. The number of nitrogen functional groups attached to an aromatic ring is 1. The fourth-order valence-corrected chi connectivity index (χ4v) is 2.87. The maximum Gasteiger partial charge on any atom is 0.131 e. The first kappa shape index (κ1) is 14.4. The van der Waals surface area contributed by atoms with Crippen molar-refractivity contribution in [2.24, 2.45) is 7.05 Å². The molecule has 0 aliphatic heterocycles. The molecule has 0 spiro atoms. The molecule has 0 aliphatic rings. The largest absolute Gasteiger partial charge is 0.383 e. The summed E-state index contributed by atoms with van der Waals surface area (Å²) < 4.78 is 15.4. The Balaban J connectivity index is 1.93. The van der Waals surface area contributed by atoms with E-state index in [9.17, 15) is 4.39 Å². The van der Waals surface area contributed by atoms with E-state index >= 15 is 0 Å². The Hall–Kier alpha value is -3.21. The highest BCUT2D eigenvalue weighted by Crippen LogP contribution is 2.33. The minimum Gasteiger partial charge on any atom is -0.383 e. The van der Waals surface area contributed by atoms with Gasteiger partial charge in [-0.1, -0.05) is 24.3 Å². The number of aromatic nitrogens is 3. The van der Waals surface area contributed by atoms with Gasteiger partial charge in [-0.05, 0) is 34.7 Å². The lowest BCUT2D eigenvalue weighted by molar-refractivity contribution is 0.628. The number of benzene rings is 2. The molecule has 2 aromatic carbocycles. The molecule has 2 heterocycles. The summed E-state index contributed by atoms with van der Waals surface area (Å²) in [6.07, 6.45) is 5.42. The number of anilines is 1. The zero-order valence-corrected chi connectivity index (χ0v) is 13.1. The highest BCUT2D eigenvalue weighted by Gasteiger charge is 2.11. The van der Waals surface area contributed by atoms with Crippen molar-refractivity contribution in [3.8, 4) is 22.4 Å². The van der Waals surface area contributed by atoms with Crippen LogP contribution >= 0.6 is 0 Å². The number of fused-ring (bicyclic) bond motifs is 1. The molecule has 0 unspecified atom stereocenters. The standard InChI is InChI=1S/C19H15FN4/c1-24-10-18(23-11-24)17-9-22-19(21)16-8-13(5-6-15(16)17)12-3-2-4-14(20)7-12/h2-11H,1H3,(H2,21,22). The van der Waals surface area contributed by atoms with Crippen LogP contribution in [0.3, 0.4) is 0 Å². The molecule has 0 atom stereocenters. The lowest BCUT2D eigenvalue weighted by Gasteiger charge is -2.09. The van der Waals surface area contributed by atoms with E-state index in [1.165, 1.54) is 12.1 Å². The number of nitrogens with two attached hydrogens (primary N) is 1. The Morgan fingerprint density at radius 3 is 2.58 bits per heavy atom. The van der Waals surface area contributed by atoms with Gasteiger partial charge in [-0.25, -0.2) is 14.4 Å². The Labute approximate surface area is 138 Å². The van der Waals surface area contributed by atoms with Crippen LogP contribution in [0.25, 0.3) is 33.2 Å². The number of pyridine rings is 1. The first-order valence-corrected chi connectivity index (χ1v) is 7.54. The van der Waals surface area contributed by atoms with Crippen molar-refractivity contribution in [3.63, 3.8) is 0 Å². The van der Waals surface area contributed by atoms with E-state index < -0.39 is 0 Å². The minimum absolute atomic E-state index is 0.263. The number of nitrogens with zero attached hydrogens (tertiary/aromatic N) is 3. The Bertz CT molecular complexity index is 1050. The lowest BCUT2D eigenvalue weighted by atomic mass is 9.99. The average Bonchev–Trinajstić information content (AvgIpc) is 3.01. The van der Waals surface area contributed by atoms with Crippen molar-refractivity contribution >= 4 is 16.6 Å². The molecule has 24 heavy (non-hydrogen) atoms. The Morgan fingerprint density at radius 2 is 1.83 bits per heavy atom. The summed E-state index contributed by atoms with van der Waals surface area (Å²) in [6.45, 7) is 0. The summed E-state index contributed by atoms with van der Waals surface area (Å²) in [7, 11) is 1.92. The number of hydrogen-bond donors (Lipinski definition) is 1. The predicted molar refractivity (Wildman–Crippen MR) is 93.8 cm³/mol. The molecule has 0 amide bonds. The van der Waals surface area contributed by atoms with Crippen LogP contribution in [-0.2, 0) is 7.05 Å². The van der Waals surface area contributed by atoms with Gasteiger partial charge in [0.1, 0.15) is 11.6 Å². The van der Waals surface area contributed by atoms with Crippen molar-refractivity contribution in [2.45, 2.75) is 0 Å². The maximum atomic E-state index is 13.5. The molecule has 118 valence electrons. The van der Waals surface area contributed by atoms with Crippen molar-refractivity contribution in [1.82, 2.24) is 14.5 Å². The molecule has 5 heteroatoms. The molecular weight excluding hydrogens is 303 g/mol. The highest BCUT2D eigenvalue weighted by atomic mass is 19.1. The topological polar surface area (TPSA) is 56.7 Å². The van der Waals surface area contributed by atoms with Gasteiger partial charge in [-0.2, -0.15) is 0 Å². The van der Waals surface area contributed by atoms with E-state index in [1.54, 1.807) is 18.6 Å². The van der Waals surface area contributed by atoms with Gasteiger partial charge in [0.05, 0.1) is 12.0 Å². The normalized spacial score (nSPS) is 11.1. The monoisotopic (exact) mass is 318 g/mol. The maximum absolute atomic E-state index is 13.5. The second kappa shape index (κ2) is 5.45. The van der Waals surface area contributed by atoms with Crippen LogP contribution in [0.1, 0.15) is 0 Å². The molecule has 0 radical (unpaired) electrons. The van der Waals surface area contributed by atoms with Gasteiger partial charge in [0.2, 0.25) is 0 Å². The smallest absolute Gasteiger partial charge is 0.131 e. The van der Waals surface area contributed by atoms with Crippen molar-refractivity contribution in [2.75, 3.05) is 5.73 Å². The molecular formula is C19H15FN4. The number of rotatable bonds is 2. The molecule has 2 N–H and O–H groups in total. The summed E-state index contributed by atoms with van der Waals surface area (Å²) in [4.78, 5) is 8.69. The lowest BCUT2D eigenvalue weighted by Crippen LogP contribution is -1.94. The third-order valence-electron chi connectivity index (χ3n) is 4.06. The van der Waals surface area contributed by atoms with Gasteiger partial charge in [0, 0.05) is 30.4 Å². The van der Waals surface area contributed by atoms with Gasteiger partial charge in [-0.3, -0.25) is 0 Å². The van der Waals surface area contributed by atoms with Gasteiger partial charge in [-0.15, -0.1) is 0 Å². The van der Waals surface area contributed by atoms with Crippen LogP contribution in [0, 0.1) is 5.82 Å². The average molecular weight is 318 g/mol. The molecule has 0 fully saturated rings. The van der Waals surface area contributed by atoms with Crippen molar-refractivity contribution < 1.29 is 4.39 Å². The quantitative estimate of drug-likeness (QED) is 0.607. The van der Waals surface area contributed by atoms with Crippen LogP contribution in [0.15, 0.2) is 61.2 Å². The SMILES string of the molecule is Cn1cnc(-c2cnc(N)c3cc(-c4cccc(F)c4)ccc23)c1. The first-order valence-electron chi connectivity index (χ1n) is 7.54. The van der Waals surface area contributed by atoms with Crippen molar-refractivity contribution in [1.29, 1.82) is 0 Å². The van der Waals surface area contributed by atoms with Gasteiger partial charge in [0.15, 0.2) is 0 Å². The molecule has 0 saturated heterocycles. The van der Waals surface area contributed by atoms with E-state index in [4.69, 9.17) is 5.73 Å². The number of halogens is 1. The third kappa shape index (κ3) is 2.40. The minimum atomic E-state index is -0.263. The van der Waals surface area contributed by atoms with Gasteiger partial charge < -0.3 is 10.3 Å². The fourth-order valence-electron chi connectivity index (χ4n) is 2.87. The summed E-state index contributed by atoms with van der Waals surface area (Å²) in [6, 6.07) is 12.4. The van der Waals surface area contributed by atoms with Crippen LogP contribution in [-0.4, -0.2) is 14.5 Å². The first-order chi connectivity index (χ1) is 11.6. The molecule has 0 aliphatic carbocycles. The second-order valence-electron chi connectivity index (χ2n) is 5.75. The molecule has 4 nitrogen and oxygen atoms in total. The summed E-state index contributed by atoms with van der Waals surface area (Å²) >= 11 is 0. The van der Waals surface area contributed by atoms with Crippen molar-refractivity contribution in [3.05, 3.63) is 67.0 Å². The number of hydrogen-bond acceptors (Lipinski definition) is 3. The van der Waals surface area contributed by atoms with E-state index in [2.05, 4.69) is 9.97 Å². The fraction of sp³-hybridized carbons (Fsp3) is 0.0526. The van der Waals surface area contributed by atoms with Crippen LogP contribution in [0.5, 0.6) is 0 Å². The van der Waals surface area contributed by atoms with Gasteiger partial charge in [0.25, 0.3) is 0 Å². The molecule has 2 aromatic heterocycles. The number of aryl methyl sites for hydroxylation is 1. The Kier molecular flexibility index (Phi) is 3.27. The molecule has 0 saturated carbocycles. The van der Waals surface area contributed by atoms with E-state index in [-0.39, 0.29) is 5.82 Å². The molecule has 4 rings (SSSR count). The van der Waals surface area contributed by atoms with Gasteiger partial charge >= 0.3 is 0 Å². The van der Waals surface area contributed by atoms with E-state index in [1.807, 2.05) is 42.1 Å². The van der Waals surface area contributed by atoms with Crippen LogP contribution in [0.2, 0.25) is 0 Å². The Morgan fingerprint density at radius 1 is 1.00 bits per heavy atom. The van der Waals surface area contributed by atoms with Crippen LogP contribution in [0.4, 0.5) is 10.2 Å². The third-order valence-corrected chi connectivity index (χ3v) is 4.06. The summed E-state index contributed by atoms with van der Waals surface area (Å²) in [5.41, 5.74) is 9.54. The zero-order chi connectivity index (χ0) is 16.7. The summed E-state index contributed by atoms with van der Waals surface area (Å²) in [5.74, 6) is 0.184. The predicted octanol–water partition coefficient (Wildman–Crippen LogP) is 4.02. The van der Waals surface area contributed by atoms with E-state index in [0.717, 1.165) is 33.2 Å².